The summed E-state index contributed by atoms with van der Waals surface area (Å²) in [5.74, 6) is -1.11. The molecule has 94 valence electrons. The predicted octanol–water partition coefficient (Wildman–Crippen LogP) is 0.262. The van der Waals surface area contributed by atoms with Gasteiger partial charge in [-0.2, -0.15) is 0 Å². The normalized spacial score (nSPS) is 12.1. The van der Waals surface area contributed by atoms with Crippen LogP contribution in [0.15, 0.2) is 0 Å². The largest absolute Gasteiger partial charge is 0.480 e. The maximum atomic E-state index is 11.7. The van der Waals surface area contributed by atoms with Crippen molar-refractivity contribution in [1.29, 1.82) is 0 Å². The van der Waals surface area contributed by atoms with Crippen LogP contribution in [0.25, 0.3) is 0 Å². The van der Waals surface area contributed by atoms with Gasteiger partial charge in [-0.05, 0) is 27.7 Å². The summed E-state index contributed by atoms with van der Waals surface area (Å²) < 4.78 is 0. The number of hydrogen-bond donors (Lipinski definition) is 3. The number of rotatable bonds is 4. The molecule has 0 rings (SSSR count). The molecule has 0 atom stereocenters. The Balaban J connectivity index is 4.67. The molecule has 0 aromatic heterocycles. The smallest absolute Gasteiger partial charge is 0.328 e. The summed E-state index contributed by atoms with van der Waals surface area (Å²) in [5.41, 5.74) is -2.07. The first-order chi connectivity index (χ1) is 7.04. The van der Waals surface area contributed by atoms with Gasteiger partial charge in [0.15, 0.2) is 0 Å². The number of aliphatic hydroxyl groups excluding tert-OH is 1. The fourth-order valence-electron chi connectivity index (χ4n) is 0.786. The Kier molecular flexibility index (Phi) is 4.31. The van der Waals surface area contributed by atoms with Crippen molar-refractivity contribution in [3.05, 3.63) is 0 Å². The number of nitrogens with zero attached hydrogens (tertiary/aromatic N) is 1. The van der Waals surface area contributed by atoms with E-state index in [1.165, 1.54) is 25.8 Å². The molecule has 2 amide bonds. The second-order valence-corrected chi connectivity index (χ2v) is 4.89. The van der Waals surface area contributed by atoms with Crippen LogP contribution in [0.2, 0.25) is 0 Å². The Morgan fingerprint density at radius 1 is 1.25 bits per heavy atom. The zero-order chi connectivity index (χ0) is 13.1. The van der Waals surface area contributed by atoms with Gasteiger partial charge in [0.25, 0.3) is 0 Å². The number of carbonyl (C=O) groups is 2. The third kappa shape index (κ3) is 3.37. The van der Waals surface area contributed by atoms with Crippen molar-refractivity contribution in [3.63, 3.8) is 0 Å². The molecule has 0 spiro atoms. The molecule has 3 N–H and O–H groups in total. The monoisotopic (exact) mass is 232 g/mol. The van der Waals surface area contributed by atoms with Gasteiger partial charge in [-0.15, -0.1) is 0 Å². The second kappa shape index (κ2) is 4.69. The summed E-state index contributed by atoms with van der Waals surface area (Å²) in [6.07, 6.45) is 0. The minimum Gasteiger partial charge on any atom is -0.480 e. The lowest BCUT2D eigenvalue weighted by molar-refractivity contribution is -0.143. The zero-order valence-corrected chi connectivity index (χ0v) is 10.4. The predicted molar refractivity (Wildman–Crippen MR) is 59.2 cm³/mol. The van der Waals surface area contributed by atoms with Crippen molar-refractivity contribution in [3.8, 4) is 0 Å². The van der Waals surface area contributed by atoms with Crippen molar-refractivity contribution in [2.75, 3.05) is 13.7 Å². The van der Waals surface area contributed by atoms with Crippen molar-refractivity contribution in [2.45, 2.75) is 38.8 Å². The highest BCUT2D eigenvalue weighted by Gasteiger charge is 2.33. The maximum Gasteiger partial charge on any atom is 0.328 e. The SMILES string of the molecule is CN(C(=O)NC(C)(C)C(=O)O)C(C)(C)CO. The fourth-order valence-corrected chi connectivity index (χ4v) is 0.786. The summed E-state index contributed by atoms with van der Waals surface area (Å²) in [5, 5.41) is 20.3. The minimum atomic E-state index is -1.34. The van der Waals surface area contributed by atoms with Gasteiger partial charge in [-0.3, -0.25) is 0 Å². The highest BCUT2D eigenvalue weighted by atomic mass is 16.4. The fraction of sp³-hybridized carbons (Fsp3) is 0.800. The van der Waals surface area contributed by atoms with Crippen LogP contribution in [0, 0.1) is 0 Å². The Morgan fingerprint density at radius 2 is 1.69 bits per heavy atom. The van der Waals surface area contributed by atoms with E-state index in [1.807, 2.05) is 0 Å². The van der Waals surface area contributed by atoms with Crippen LogP contribution in [0.3, 0.4) is 0 Å². The molecule has 6 nitrogen and oxygen atoms in total. The van der Waals surface area contributed by atoms with Crippen LogP contribution in [0.1, 0.15) is 27.7 Å². The Labute approximate surface area is 95.2 Å². The molecule has 0 radical (unpaired) electrons. The number of nitrogens with one attached hydrogen (secondary N) is 1. The molecule has 0 aromatic carbocycles. The average molecular weight is 232 g/mol. The van der Waals surface area contributed by atoms with E-state index in [1.54, 1.807) is 13.8 Å². The summed E-state index contributed by atoms with van der Waals surface area (Å²) >= 11 is 0. The van der Waals surface area contributed by atoms with Gasteiger partial charge in [-0.25, -0.2) is 9.59 Å². The van der Waals surface area contributed by atoms with Gasteiger partial charge in [0, 0.05) is 7.05 Å². The molecule has 0 aromatic rings. The average Bonchev–Trinajstić information content (AvgIpc) is 2.15. The molecule has 0 bridgehead atoms. The molecule has 16 heavy (non-hydrogen) atoms. The number of aliphatic hydroxyl groups is 1. The molecule has 0 saturated carbocycles. The van der Waals surface area contributed by atoms with Crippen LogP contribution in [0.4, 0.5) is 4.79 Å². The topological polar surface area (TPSA) is 89.9 Å². The van der Waals surface area contributed by atoms with Crippen molar-refractivity contribution in [1.82, 2.24) is 10.2 Å². The molecule has 0 heterocycles. The molecule has 0 aliphatic carbocycles. The van der Waals surface area contributed by atoms with Crippen LogP contribution in [-0.2, 0) is 4.79 Å². The van der Waals surface area contributed by atoms with Crippen molar-refractivity contribution >= 4 is 12.0 Å². The van der Waals surface area contributed by atoms with E-state index in [2.05, 4.69) is 5.32 Å². The number of carboxylic acids is 1. The molecule has 0 saturated heterocycles. The van der Waals surface area contributed by atoms with Gasteiger partial charge in [-0.1, -0.05) is 0 Å². The molecule has 0 aliphatic heterocycles. The van der Waals surface area contributed by atoms with Crippen LogP contribution in [0.5, 0.6) is 0 Å². The van der Waals surface area contributed by atoms with E-state index < -0.39 is 23.1 Å². The number of hydrogen-bond acceptors (Lipinski definition) is 3. The number of amides is 2. The lowest BCUT2D eigenvalue weighted by Crippen LogP contribution is -2.58. The first kappa shape index (κ1) is 14.7. The molecule has 6 heteroatoms. The standard InChI is InChI=1S/C10H20N2O4/c1-9(2,6-13)12(5)8(16)11-10(3,4)7(14)15/h13H,6H2,1-5H3,(H,11,16)(H,14,15). The van der Waals surface area contributed by atoms with E-state index in [0.717, 1.165) is 0 Å². The van der Waals surface area contributed by atoms with Gasteiger partial charge in [0.2, 0.25) is 0 Å². The van der Waals surface area contributed by atoms with Crippen molar-refractivity contribution < 1.29 is 19.8 Å². The molecule has 0 aliphatic rings. The lowest BCUT2D eigenvalue weighted by Gasteiger charge is -2.35. The van der Waals surface area contributed by atoms with Crippen molar-refractivity contribution in [2.24, 2.45) is 0 Å². The summed E-state index contributed by atoms with van der Waals surface area (Å²) in [7, 11) is 1.50. The third-order valence-electron chi connectivity index (χ3n) is 2.55. The van der Waals surface area contributed by atoms with E-state index in [4.69, 9.17) is 10.2 Å². The van der Waals surface area contributed by atoms with Crippen LogP contribution in [-0.4, -0.2) is 51.8 Å². The van der Waals surface area contributed by atoms with Gasteiger partial charge < -0.3 is 20.4 Å². The van der Waals surface area contributed by atoms with E-state index in [-0.39, 0.29) is 6.61 Å². The van der Waals surface area contributed by atoms with Gasteiger partial charge in [0.05, 0.1) is 12.1 Å². The summed E-state index contributed by atoms with van der Waals surface area (Å²) in [6, 6.07) is -0.536. The third-order valence-corrected chi connectivity index (χ3v) is 2.55. The number of aliphatic carboxylic acids is 1. The summed E-state index contributed by atoms with van der Waals surface area (Å²) in [4.78, 5) is 23.8. The van der Waals surface area contributed by atoms with E-state index in [0.29, 0.717) is 0 Å². The number of carboxylic acid groups (broad SMARTS) is 1. The first-order valence-electron chi connectivity index (χ1n) is 4.95. The molecular weight excluding hydrogens is 212 g/mol. The molecule has 0 unspecified atom stereocenters. The Bertz CT molecular complexity index is 287. The number of likely N-dealkylation sites (N-methyl/N-ethyl adjacent to an activating group) is 1. The van der Waals surface area contributed by atoms with Gasteiger partial charge in [0.1, 0.15) is 5.54 Å². The quantitative estimate of drug-likeness (QED) is 0.648. The minimum absolute atomic E-state index is 0.204. The van der Waals surface area contributed by atoms with Crippen LogP contribution >= 0.6 is 0 Å². The zero-order valence-electron chi connectivity index (χ0n) is 10.4. The van der Waals surface area contributed by atoms with Crippen LogP contribution < -0.4 is 5.32 Å². The number of urea groups is 1. The highest BCUT2D eigenvalue weighted by Crippen LogP contribution is 2.12. The molecular formula is C10H20N2O4. The maximum absolute atomic E-state index is 11.7. The first-order valence-corrected chi connectivity index (χ1v) is 4.95. The van der Waals surface area contributed by atoms with Gasteiger partial charge >= 0.3 is 12.0 Å². The molecule has 0 fully saturated rings. The Morgan fingerprint density at radius 3 is 2.00 bits per heavy atom. The summed E-state index contributed by atoms with van der Waals surface area (Å²) in [6.45, 7) is 5.95. The van der Waals surface area contributed by atoms with E-state index in [9.17, 15) is 9.59 Å². The second-order valence-electron chi connectivity index (χ2n) is 4.89. The number of carbonyl (C=O) groups excluding carboxylic acids is 1. The highest BCUT2D eigenvalue weighted by molar-refractivity contribution is 5.85. The van der Waals surface area contributed by atoms with E-state index >= 15 is 0 Å². The Hall–Kier alpha value is -1.30. The lowest BCUT2D eigenvalue weighted by atomic mass is 10.0.